The summed E-state index contributed by atoms with van der Waals surface area (Å²) in [5.74, 6) is -0.407. The molecule has 0 heterocycles. The van der Waals surface area contributed by atoms with Gasteiger partial charge in [0.25, 0.3) is 5.91 Å². The van der Waals surface area contributed by atoms with Gasteiger partial charge in [-0.3, -0.25) is 4.79 Å². The lowest BCUT2D eigenvalue weighted by Crippen LogP contribution is -2.08. The molecular weight excluding hydrogens is 238 g/mol. The fourth-order valence-electron chi connectivity index (χ4n) is 1.63. The van der Waals surface area contributed by atoms with Gasteiger partial charge in [0, 0.05) is 17.3 Å². The summed E-state index contributed by atoms with van der Waals surface area (Å²) in [7, 11) is 0. The van der Waals surface area contributed by atoms with E-state index in [0.717, 1.165) is 5.56 Å². The first-order chi connectivity index (χ1) is 9.15. The van der Waals surface area contributed by atoms with Crippen LogP contribution >= 0.6 is 0 Å². The first-order valence-electron chi connectivity index (χ1n) is 5.99. The summed E-state index contributed by atoms with van der Waals surface area (Å²) in [6, 6.07) is 16.4. The molecule has 0 spiro atoms. The van der Waals surface area contributed by atoms with Gasteiger partial charge >= 0.3 is 0 Å². The first kappa shape index (κ1) is 12.9. The minimum Gasteiger partial charge on any atom is -0.507 e. The Hall–Kier alpha value is -2.55. The van der Waals surface area contributed by atoms with Crippen LogP contribution in [0.5, 0.6) is 0 Å². The van der Waals surface area contributed by atoms with Crippen LogP contribution in [0, 0.1) is 6.92 Å². The number of carbonyl (C=O) groups excluding carboxylic acids is 1. The van der Waals surface area contributed by atoms with Crippen LogP contribution in [0.2, 0.25) is 0 Å². The third kappa shape index (κ3) is 3.71. The molecule has 0 unspecified atom stereocenters. The van der Waals surface area contributed by atoms with E-state index >= 15 is 0 Å². The van der Waals surface area contributed by atoms with Gasteiger partial charge in [0.05, 0.1) is 0 Å². The van der Waals surface area contributed by atoms with Gasteiger partial charge in [0.1, 0.15) is 5.76 Å². The Morgan fingerprint density at radius 2 is 1.68 bits per heavy atom. The van der Waals surface area contributed by atoms with Crippen molar-refractivity contribution in [3.63, 3.8) is 0 Å². The molecule has 3 heteroatoms. The van der Waals surface area contributed by atoms with E-state index < -0.39 is 0 Å². The van der Waals surface area contributed by atoms with Crippen LogP contribution in [0.15, 0.2) is 60.7 Å². The number of aliphatic hydroxyl groups excluding tert-OH is 1. The van der Waals surface area contributed by atoms with E-state index in [1.54, 1.807) is 24.3 Å². The van der Waals surface area contributed by atoms with E-state index in [1.807, 2.05) is 37.3 Å². The predicted molar refractivity (Wildman–Crippen MR) is 76.9 cm³/mol. The molecule has 96 valence electrons. The van der Waals surface area contributed by atoms with Crippen LogP contribution in [0.3, 0.4) is 0 Å². The maximum absolute atomic E-state index is 11.7. The number of amides is 1. The highest BCUT2D eigenvalue weighted by Gasteiger charge is 2.03. The monoisotopic (exact) mass is 253 g/mol. The van der Waals surface area contributed by atoms with Gasteiger partial charge in [-0.1, -0.05) is 48.0 Å². The van der Waals surface area contributed by atoms with Gasteiger partial charge in [-0.05, 0) is 19.1 Å². The summed E-state index contributed by atoms with van der Waals surface area (Å²) < 4.78 is 0. The molecule has 0 aromatic heterocycles. The van der Waals surface area contributed by atoms with Crippen LogP contribution in [0.1, 0.15) is 11.1 Å². The molecule has 0 fully saturated rings. The second kappa shape index (κ2) is 5.87. The zero-order valence-electron chi connectivity index (χ0n) is 10.6. The number of nitrogens with one attached hydrogen (secondary N) is 1. The van der Waals surface area contributed by atoms with Gasteiger partial charge in [-0.15, -0.1) is 0 Å². The molecule has 2 rings (SSSR count). The highest BCUT2D eigenvalue weighted by molar-refractivity contribution is 6.03. The number of carbonyl (C=O) groups is 1. The third-order valence-electron chi connectivity index (χ3n) is 2.66. The summed E-state index contributed by atoms with van der Waals surface area (Å²) in [4.78, 5) is 11.7. The third-order valence-corrected chi connectivity index (χ3v) is 2.66. The molecule has 0 saturated heterocycles. The molecule has 19 heavy (non-hydrogen) atoms. The SMILES string of the molecule is Cc1ccc(NC(=O)C=C(O)c2ccccc2)cc1. The Morgan fingerprint density at radius 1 is 1.05 bits per heavy atom. The second-order valence-electron chi connectivity index (χ2n) is 4.25. The Balaban J connectivity index is 2.07. The molecule has 1 amide bonds. The molecule has 2 N–H and O–H groups in total. The lowest BCUT2D eigenvalue weighted by Gasteiger charge is -2.03. The minimum atomic E-state index is -0.356. The van der Waals surface area contributed by atoms with E-state index in [2.05, 4.69) is 5.32 Å². The number of aryl methyl sites for hydroxylation is 1. The van der Waals surface area contributed by atoms with Crippen LogP contribution in [-0.2, 0) is 4.79 Å². The highest BCUT2D eigenvalue weighted by atomic mass is 16.3. The number of rotatable bonds is 3. The van der Waals surface area contributed by atoms with Gasteiger partial charge < -0.3 is 10.4 Å². The van der Waals surface area contributed by atoms with Crippen molar-refractivity contribution in [3.8, 4) is 0 Å². The lowest BCUT2D eigenvalue weighted by atomic mass is 10.2. The van der Waals surface area contributed by atoms with E-state index in [4.69, 9.17) is 0 Å². The molecule has 0 radical (unpaired) electrons. The van der Waals surface area contributed by atoms with Crippen molar-refractivity contribution in [2.75, 3.05) is 5.32 Å². The Kier molecular flexibility index (Phi) is 3.98. The van der Waals surface area contributed by atoms with Gasteiger partial charge in [0.2, 0.25) is 0 Å². The normalized spacial score (nSPS) is 11.1. The van der Waals surface area contributed by atoms with Crippen molar-refractivity contribution in [2.24, 2.45) is 0 Å². The van der Waals surface area contributed by atoms with Crippen LogP contribution < -0.4 is 5.32 Å². The van der Waals surface area contributed by atoms with E-state index in [9.17, 15) is 9.90 Å². The molecule has 0 bridgehead atoms. The Morgan fingerprint density at radius 3 is 2.32 bits per heavy atom. The van der Waals surface area contributed by atoms with E-state index in [-0.39, 0.29) is 11.7 Å². The average Bonchev–Trinajstić information content (AvgIpc) is 2.42. The Labute approximate surface area is 112 Å². The van der Waals surface area contributed by atoms with Crippen molar-refractivity contribution >= 4 is 17.4 Å². The van der Waals surface area contributed by atoms with Gasteiger partial charge in [-0.25, -0.2) is 0 Å². The summed E-state index contributed by atoms with van der Waals surface area (Å²) in [6.45, 7) is 1.98. The quantitative estimate of drug-likeness (QED) is 0.649. The number of hydrogen-bond donors (Lipinski definition) is 2. The second-order valence-corrected chi connectivity index (χ2v) is 4.25. The largest absolute Gasteiger partial charge is 0.507 e. The lowest BCUT2D eigenvalue weighted by molar-refractivity contribution is -0.111. The van der Waals surface area contributed by atoms with E-state index in [0.29, 0.717) is 11.3 Å². The maximum atomic E-state index is 11.7. The van der Waals surface area contributed by atoms with Gasteiger partial charge in [-0.2, -0.15) is 0 Å². The molecule has 0 aliphatic rings. The molecule has 0 aliphatic carbocycles. The molecule has 2 aromatic carbocycles. The number of anilines is 1. The fourth-order valence-corrected chi connectivity index (χ4v) is 1.63. The van der Waals surface area contributed by atoms with Crippen molar-refractivity contribution < 1.29 is 9.90 Å². The number of benzene rings is 2. The average molecular weight is 253 g/mol. The van der Waals surface area contributed by atoms with Crippen LogP contribution in [0.25, 0.3) is 5.76 Å². The fraction of sp³-hybridized carbons (Fsp3) is 0.0625. The highest BCUT2D eigenvalue weighted by Crippen LogP contribution is 2.12. The zero-order chi connectivity index (χ0) is 13.7. The van der Waals surface area contributed by atoms with Crippen molar-refractivity contribution in [2.45, 2.75) is 6.92 Å². The molecule has 0 atom stereocenters. The molecule has 0 aliphatic heterocycles. The van der Waals surface area contributed by atoms with E-state index in [1.165, 1.54) is 6.08 Å². The van der Waals surface area contributed by atoms with Gasteiger partial charge in [0.15, 0.2) is 0 Å². The molecule has 2 aromatic rings. The molecule has 0 saturated carbocycles. The number of aliphatic hydroxyl groups is 1. The summed E-state index contributed by atoms with van der Waals surface area (Å²) >= 11 is 0. The smallest absolute Gasteiger partial charge is 0.252 e. The van der Waals surface area contributed by atoms with Crippen molar-refractivity contribution in [1.82, 2.24) is 0 Å². The van der Waals surface area contributed by atoms with Crippen LogP contribution in [0.4, 0.5) is 5.69 Å². The minimum absolute atomic E-state index is 0.0507. The zero-order valence-corrected chi connectivity index (χ0v) is 10.6. The first-order valence-corrected chi connectivity index (χ1v) is 5.99. The van der Waals surface area contributed by atoms with Crippen molar-refractivity contribution in [3.05, 3.63) is 71.8 Å². The topological polar surface area (TPSA) is 49.3 Å². The van der Waals surface area contributed by atoms with Crippen LogP contribution in [-0.4, -0.2) is 11.0 Å². The standard InChI is InChI=1S/C16H15NO2/c1-12-7-9-14(10-8-12)17-16(19)11-15(18)13-5-3-2-4-6-13/h2-11,18H,1H3,(H,17,19). The van der Waals surface area contributed by atoms with Crippen molar-refractivity contribution in [1.29, 1.82) is 0 Å². The predicted octanol–water partition coefficient (Wildman–Crippen LogP) is 3.53. The molecular formula is C16H15NO2. The number of hydrogen-bond acceptors (Lipinski definition) is 2. The summed E-state index contributed by atoms with van der Waals surface area (Å²) in [6.07, 6.45) is 1.18. The summed E-state index contributed by atoms with van der Waals surface area (Å²) in [5, 5.41) is 12.5. The molecule has 3 nitrogen and oxygen atoms in total. The Bertz CT molecular complexity index is 586. The summed E-state index contributed by atoms with van der Waals surface area (Å²) in [5.41, 5.74) is 2.44. The maximum Gasteiger partial charge on any atom is 0.252 e.